The van der Waals surface area contributed by atoms with Crippen molar-refractivity contribution in [3.8, 4) is 5.75 Å². The number of hydrogen-bond donors (Lipinski definition) is 1. The van der Waals surface area contributed by atoms with Gasteiger partial charge in [-0.05, 0) is 25.1 Å². The van der Waals surface area contributed by atoms with E-state index in [9.17, 15) is 0 Å². The number of benzene rings is 2. The molecule has 2 aromatic carbocycles. The molecule has 0 fully saturated rings. The van der Waals surface area contributed by atoms with Gasteiger partial charge in [0.2, 0.25) is 0 Å². The monoisotopic (exact) mass is 343 g/mol. The first-order valence-electron chi connectivity index (χ1n) is 6.53. The van der Waals surface area contributed by atoms with Gasteiger partial charge in [0.15, 0.2) is 0 Å². The van der Waals surface area contributed by atoms with Crippen LogP contribution in [0.3, 0.4) is 0 Å². The van der Waals surface area contributed by atoms with Gasteiger partial charge in [-0.1, -0.05) is 53.0 Å². The molecule has 0 aliphatic heterocycles. The van der Waals surface area contributed by atoms with E-state index < -0.39 is 0 Å². The molecule has 5 heteroatoms. The summed E-state index contributed by atoms with van der Waals surface area (Å²) < 4.78 is 5.37. The van der Waals surface area contributed by atoms with Gasteiger partial charge < -0.3 is 10.1 Å². The fraction of sp³-hybridized carbons (Fsp3) is 0.250. The molecule has 1 N–H and O–H groups in total. The van der Waals surface area contributed by atoms with Crippen molar-refractivity contribution in [1.29, 1.82) is 0 Å². The minimum atomic E-state index is 0.0901. The smallest absolute Gasteiger partial charge is 0.123 e. The molecular weight excluding hydrogens is 329 g/mol. The average molecular weight is 345 g/mol. The van der Waals surface area contributed by atoms with E-state index in [4.69, 9.17) is 39.5 Å². The first kappa shape index (κ1) is 16.4. The van der Waals surface area contributed by atoms with E-state index in [1.54, 1.807) is 19.2 Å². The van der Waals surface area contributed by atoms with E-state index in [0.29, 0.717) is 21.6 Å². The summed E-state index contributed by atoms with van der Waals surface area (Å²) in [6, 6.07) is 11.4. The molecule has 0 radical (unpaired) electrons. The lowest BCUT2D eigenvalue weighted by molar-refractivity contribution is 0.401. The largest absolute Gasteiger partial charge is 0.496 e. The number of halogens is 3. The minimum Gasteiger partial charge on any atom is -0.496 e. The second-order valence-corrected chi connectivity index (χ2v) is 5.86. The number of ether oxygens (including phenoxy) is 1. The van der Waals surface area contributed by atoms with Crippen LogP contribution < -0.4 is 10.1 Å². The highest BCUT2D eigenvalue weighted by Crippen LogP contribution is 2.32. The molecule has 2 nitrogen and oxygen atoms in total. The van der Waals surface area contributed by atoms with Crippen molar-refractivity contribution < 1.29 is 4.74 Å². The predicted octanol–water partition coefficient (Wildman–Crippen LogP) is 5.51. The van der Waals surface area contributed by atoms with E-state index in [1.807, 2.05) is 24.3 Å². The fourth-order valence-corrected chi connectivity index (χ4v) is 2.80. The molecule has 0 amide bonds. The van der Waals surface area contributed by atoms with Gasteiger partial charge in [-0.2, -0.15) is 0 Å². The third-order valence-corrected chi connectivity index (χ3v) is 4.53. The third kappa shape index (κ3) is 3.83. The lowest BCUT2D eigenvalue weighted by Crippen LogP contribution is -2.19. The molecule has 0 saturated carbocycles. The number of para-hydroxylation sites is 1. The molecular formula is C16H16Cl3NO. The summed E-state index contributed by atoms with van der Waals surface area (Å²) in [5.74, 6) is 0.848. The van der Waals surface area contributed by atoms with Crippen LogP contribution in [0.15, 0.2) is 36.4 Å². The van der Waals surface area contributed by atoms with E-state index in [2.05, 4.69) is 12.2 Å². The predicted molar refractivity (Wildman–Crippen MR) is 89.7 cm³/mol. The lowest BCUT2D eigenvalue weighted by atomic mass is 10.1. The van der Waals surface area contributed by atoms with Crippen LogP contribution in [0.1, 0.15) is 24.1 Å². The summed E-state index contributed by atoms with van der Waals surface area (Å²) in [6.07, 6.45) is 0. The van der Waals surface area contributed by atoms with Gasteiger partial charge in [-0.3, -0.25) is 0 Å². The van der Waals surface area contributed by atoms with E-state index >= 15 is 0 Å². The van der Waals surface area contributed by atoms with Gasteiger partial charge in [0.05, 0.1) is 17.2 Å². The Kier molecular flexibility index (Phi) is 5.77. The SMILES string of the molecule is COc1ccccc1[C@@H](C)NCc1c(Cl)ccc(Cl)c1Cl. The van der Waals surface area contributed by atoms with Crippen LogP contribution in [0.25, 0.3) is 0 Å². The van der Waals surface area contributed by atoms with Gasteiger partial charge in [0.1, 0.15) is 5.75 Å². The van der Waals surface area contributed by atoms with Crippen molar-refractivity contribution in [3.05, 3.63) is 62.6 Å². The van der Waals surface area contributed by atoms with Crippen LogP contribution in [-0.4, -0.2) is 7.11 Å². The molecule has 2 rings (SSSR count). The molecule has 0 spiro atoms. The lowest BCUT2D eigenvalue weighted by Gasteiger charge is -2.18. The van der Waals surface area contributed by atoms with E-state index in [-0.39, 0.29) is 6.04 Å². The number of hydrogen-bond acceptors (Lipinski definition) is 2. The first-order chi connectivity index (χ1) is 10.0. The Morgan fingerprint density at radius 2 is 1.71 bits per heavy atom. The van der Waals surface area contributed by atoms with Crippen molar-refractivity contribution in [1.82, 2.24) is 5.32 Å². The van der Waals surface area contributed by atoms with E-state index in [1.165, 1.54) is 0 Å². The Balaban J connectivity index is 2.15. The Morgan fingerprint density at radius 1 is 1.05 bits per heavy atom. The fourth-order valence-electron chi connectivity index (χ4n) is 2.12. The number of rotatable bonds is 5. The maximum Gasteiger partial charge on any atom is 0.123 e. The summed E-state index contributed by atoms with van der Waals surface area (Å²) in [7, 11) is 1.66. The highest BCUT2D eigenvalue weighted by Gasteiger charge is 2.13. The minimum absolute atomic E-state index is 0.0901. The summed E-state index contributed by atoms with van der Waals surface area (Å²) in [5.41, 5.74) is 1.88. The Labute approximate surface area is 140 Å². The second kappa shape index (κ2) is 7.37. The molecule has 2 aromatic rings. The summed E-state index contributed by atoms with van der Waals surface area (Å²) in [6.45, 7) is 2.58. The first-order valence-corrected chi connectivity index (χ1v) is 7.66. The van der Waals surface area contributed by atoms with Crippen molar-refractivity contribution in [2.24, 2.45) is 0 Å². The van der Waals surface area contributed by atoms with Crippen molar-refractivity contribution in [3.63, 3.8) is 0 Å². The molecule has 1 atom stereocenters. The van der Waals surface area contributed by atoms with Crippen LogP contribution in [0.2, 0.25) is 15.1 Å². The number of methoxy groups -OCH3 is 1. The topological polar surface area (TPSA) is 21.3 Å². The van der Waals surface area contributed by atoms with Crippen LogP contribution in [-0.2, 0) is 6.54 Å². The van der Waals surface area contributed by atoms with Gasteiger partial charge in [-0.15, -0.1) is 0 Å². The maximum absolute atomic E-state index is 6.21. The van der Waals surface area contributed by atoms with Crippen molar-refractivity contribution in [2.75, 3.05) is 7.11 Å². The van der Waals surface area contributed by atoms with Gasteiger partial charge in [-0.25, -0.2) is 0 Å². The number of nitrogens with one attached hydrogen (secondary N) is 1. The van der Waals surface area contributed by atoms with Crippen molar-refractivity contribution >= 4 is 34.8 Å². The average Bonchev–Trinajstić information content (AvgIpc) is 2.50. The Bertz CT molecular complexity index is 631. The zero-order valence-corrected chi connectivity index (χ0v) is 14.1. The third-order valence-electron chi connectivity index (χ3n) is 3.33. The molecule has 0 aliphatic rings. The molecule has 0 unspecified atom stereocenters. The quantitative estimate of drug-likeness (QED) is 0.722. The molecule has 0 aliphatic carbocycles. The van der Waals surface area contributed by atoms with Gasteiger partial charge in [0.25, 0.3) is 0 Å². The summed E-state index contributed by atoms with van der Waals surface area (Å²) >= 11 is 18.4. The van der Waals surface area contributed by atoms with Crippen LogP contribution in [0.4, 0.5) is 0 Å². The zero-order chi connectivity index (χ0) is 15.4. The van der Waals surface area contributed by atoms with Crippen LogP contribution in [0, 0.1) is 0 Å². The standard InChI is InChI=1S/C16H16Cl3NO/c1-10(11-5-3-4-6-15(11)21-2)20-9-12-13(17)7-8-14(18)16(12)19/h3-8,10,20H,9H2,1-2H3/t10-/m1/s1. The summed E-state index contributed by atoms with van der Waals surface area (Å²) in [4.78, 5) is 0. The van der Waals surface area contributed by atoms with E-state index in [0.717, 1.165) is 16.9 Å². The molecule has 112 valence electrons. The van der Waals surface area contributed by atoms with Crippen molar-refractivity contribution in [2.45, 2.75) is 19.5 Å². The molecule has 0 aromatic heterocycles. The van der Waals surface area contributed by atoms with Crippen LogP contribution >= 0.6 is 34.8 Å². The normalized spacial score (nSPS) is 12.2. The molecule has 0 bridgehead atoms. The Hall–Kier alpha value is -0.930. The Morgan fingerprint density at radius 3 is 2.43 bits per heavy atom. The molecule has 21 heavy (non-hydrogen) atoms. The van der Waals surface area contributed by atoms with Crippen LogP contribution in [0.5, 0.6) is 5.75 Å². The molecule has 0 saturated heterocycles. The highest BCUT2D eigenvalue weighted by molar-refractivity contribution is 6.44. The molecule has 0 heterocycles. The maximum atomic E-state index is 6.21. The zero-order valence-electron chi connectivity index (χ0n) is 11.8. The second-order valence-electron chi connectivity index (χ2n) is 4.67. The summed E-state index contributed by atoms with van der Waals surface area (Å²) in [5, 5.41) is 4.98. The highest BCUT2D eigenvalue weighted by atomic mass is 35.5. The van der Waals surface area contributed by atoms with Gasteiger partial charge in [0, 0.05) is 28.7 Å². The van der Waals surface area contributed by atoms with Gasteiger partial charge >= 0.3 is 0 Å².